The fourth-order valence-electron chi connectivity index (χ4n) is 11.0. The Morgan fingerprint density at radius 3 is 1.12 bits per heavy atom. The Kier molecular flexibility index (Phi) is 28.8. The Balaban J connectivity index is 0.000000211. The van der Waals surface area contributed by atoms with Gasteiger partial charge in [0.25, 0.3) is 82.7 Å². The van der Waals surface area contributed by atoms with Gasteiger partial charge >= 0.3 is 29.8 Å². The molecule has 0 unspecified atom stereocenters. The molecule has 2 N–H and O–H groups in total. The number of hydrogen-bond acceptors (Lipinski definition) is 24. The van der Waals surface area contributed by atoms with Crippen molar-refractivity contribution >= 4 is 118 Å². The number of carbonyl (C=O) groups excluding carboxylic acids is 19. The number of nitrogens with one attached hydrogen (secondary N) is 1. The van der Waals surface area contributed by atoms with Crippen molar-refractivity contribution in [2.24, 2.45) is 23.7 Å². The van der Waals surface area contributed by atoms with Gasteiger partial charge in [0.05, 0.1) is 18.9 Å². The van der Waals surface area contributed by atoms with Crippen molar-refractivity contribution < 1.29 is 120 Å². The zero-order valence-corrected chi connectivity index (χ0v) is 52.7. The molecule has 0 aromatic heterocycles. The second kappa shape index (κ2) is 37.0. The van der Waals surface area contributed by atoms with E-state index in [1.165, 1.54) is 46.3 Å². The van der Waals surface area contributed by atoms with E-state index in [4.69, 9.17) is 24.4 Å². The zero-order valence-electron chi connectivity index (χ0n) is 52.7. The predicted molar refractivity (Wildman–Crippen MR) is 318 cm³/mol. The molecule has 2 saturated carbocycles. The molecule has 2 aliphatic carbocycles. The van der Waals surface area contributed by atoms with Crippen LogP contribution < -0.4 is 5.32 Å². The first-order valence-electron chi connectivity index (χ1n) is 31.8. The van der Waals surface area contributed by atoms with Crippen LogP contribution in [0.4, 0.5) is 0 Å². The molecule has 0 bridgehead atoms. The van der Waals surface area contributed by atoms with Crippen LogP contribution in [0.1, 0.15) is 161 Å². The van der Waals surface area contributed by atoms with Crippen LogP contribution in [0.15, 0.2) is 48.6 Å². The number of amides is 15. The molecule has 15 amide bonds. The highest BCUT2D eigenvalue weighted by atomic mass is 16.7. The number of carboxylic acids is 1. The lowest BCUT2D eigenvalue weighted by Gasteiger charge is -2.30. The zero-order chi connectivity index (χ0) is 70.0. The fraction of sp³-hybridized carbons (Fsp3) is 0.556. The summed E-state index contributed by atoms with van der Waals surface area (Å²) in [4.78, 5) is 247. The summed E-state index contributed by atoms with van der Waals surface area (Å²) in [5.41, 5.74) is 0. The summed E-state index contributed by atoms with van der Waals surface area (Å²) in [7, 11) is 0. The SMILES string of the molecule is O=C(CC1CCC(CN2C(=O)C=CC2=O)CC1)OCCCCCC(=O)ON1C(=O)CCC1=O.O=C(CCN1C(=O)C=CC1=O)NCCCCCC(=O)ON1C(=O)CCC1=O.O=C(O)CCN1C(=O)C=CC1=O.O=C(ON1C(=O)CCC1=O)C1CCC(CN2C(=O)C=CC2=O)CC1. The van der Waals surface area contributed by atoms with E-state index in [0.29, 0.717) is 105 Å². The van der Waals surface area contributed by atoms with E-state index in [0.717, 1.165) is 47.6 Å². The van der Waals surface area contributed by atoms with Gasteiger partial charge in [0, 0.05) is 146 Å². The van der Waals surface area contributed by atoms with Crippen LogP contribution in [0.5, 0.6) is 0 Å². The maximum absolute atomic E-state index is 12.1. The van der Waals surface area contributed by atoms with Gasteiger partial charge in [-0.3, -0.25) is 101 Å². The molecule has 518 valence electrons. The number of esters is 1. The van der Waals surface area contributed by atoms with Crippen molar-refractivity contribution in [2.75, 3.05) is 39.3 Å². The van der Waals surface area contributed by atoms with E-state index in [1.54, 1.807) is 0 Å². The van der Waals surface area contributed by atoms with Crippen LogP contribution in [0.3, 0.4) is 0 Å². The van der Waals surface area contributed by atoms with Gasteiger partial charge in [-0.25, -0.2) is 14.4 Å². The fourth-order valence-corrected chi connectivity index (χ4v) is 11.0. The molecule has 33 heteroatoms. The van der Waals surface area contributed by atoms with E-state index in [-0.39, 0.29) is 143 Å². The number of nitrogens with zero attached hydrogens (tertiary/aromatic N) is 7. The highest BCUT2D eigenvalue weighted by molar-refractivity contribution is 6.15. The Hall–Kier alpha value is -10.2. The van der Waals surface area contributed by atoms with Crippen molar-refractivity contribution in [3.8, 4) is 0 Å². The van der Waals surface area contributed by atoms with Crippen molar-refractivity contribution in [1.29, 1.82) is 0 Å². The van der Waals surface area contributed by atoms with Crippen LogP contribution in [0.2, 0.25) is 0 Å². The van der Waals surface area contributed by atoms with Crippen LogP contribution in [0.25, 0.3) is 0 Å². The third-order valence-electron chi connectivity index (χ3n) is 16.5. The number of carbonyl (C=O) groups is 20. The standard InChI is InChI=1S/C23H30N2O8.C17H21N3O7.C16H18N2O6.C7H7NO4/c26-18-9-10-19(27)24(18)15-17-7-5-16(6-8-17)14-23(31)32-13-3-1-2-4-22(30)33-25-20(28)11-12-21(25)29;21-12(9-11-19-13(22)5-6-14(19)23)18-10-3-1-2-4-17(26)27-20-15(24)7-8-16(20)25;19-12-5-6-13(20)17(12)9-10-1-3-11(4-2-10)16(23)24-18-14(21)7-8-15(18)22;9-5-1-2-6(10)8(5)4-3-7(11)12/h9-10,16-17H,1-8,11-15H2;5-6H,1-4,7-11H2,(H,18,21);5-6,10-11H,1-4,7-9H2;1-2H,3-4H2,(H,11,12). The van der Waals surface area contributed by atoms with Gasteiger partial charge in [0.2, 0.25) is 5.91 Å². The number of aliphatic carboxylic acids is 1. The van der Waals surface area contributed by atoms with Gasteiger partial charge in [0.1, 0.15) is 0 Å². The normalized spacial score (nSPS) is 21.3. The summed E-state index contributed by atoms with van der Waals surface area (Å²) in [6, 6.07) is 0. The van der Waals surface area contributed by atoms with Crippen LogP contribution >= 0.6 is 0 Å². The van der Waals surface area contributed by atoms with Crippen molar-refractivity contribution in [3.63, 3.8) is 0 Å². The Bertz CT molecular complexity index is 3110. The number of ether oxygens (including phenoxy) is 1. The number of hydroxylamine groups is 6. The van der Waals surface area contributed by atoms with Crippen LogP contribution in [-0.2, 0) is 115 Å². The molecule has 96 heavy (non-hydrogen) atoms. The van der Waals surface area contributed by atoms with Gasteiger partial charge < -0.3 is 29.7 Å². The van der Waals surface area contributed by atoms with E-state index < -0.39 is 82.9 Å². The molecule has 33 nitrogen and oxygen atoms in total. The van der Waals surface area contributed by atoms with E-state index in [2.05, 4.69) is 5.32 Å². The van der Waals surface area contributed by atoms with Crippen molar-refractivity contribution in [2.45, 2.75) is 161 Å². The van der Waals surface area contributed by atoms with Crippen molar-refractivity contribution in [1.82, 2.24) is 40.1 Å². The first-order valence-corrected chi connectivity index (χ1v) is 31.8. The van der Waals surface area contributed by atoms with Crippen molar-refractivity contribution in [3.05, 3.63) is 48.6 Å². The lowest BCUT2D eigenvalue weighted by atomic mass is 9.80. The van der Waals surface area contributed by atoms with Crippen LogP contribution in [-0.4, -0.2) is 198 Å². The van der Waals surface area contributed by atoms with Gasteiger partial charge in [0.15, 0.2) is 0 Å². The second-order valence-corrected chi connectivity index (χ2v) is 23.5. The van der Waals surface area contributed by atoms with Gasteiger partial charge in [-0.2, -0.15) is 0 Å². The Labute approximate surface area is 549 Å². The molecule has 5 fully saturated rings. The topological polar surface area (TPSA) is 433 Å². The third kappa shape index (κ3) is 23.3. The van der Waals surface area contributed by atoms with E-state index >= 15 is 0 Å². The van der Waals surface area contributed by atoms with E-state index in [1.807, 2.05) is 0 Å². The average Bonchev–Trinajstić information content (AvgIpc) is 1.70. The maximum atomic E-state index is 12.1. The molecule has 0 radical (unpaired) electrons. The monoisotopic (exact) mass is 1340 g/mol. The average molecular weight is 1350 g/mol. The summed E-state index contributed by atoms with van der Waals surface area (Å²) in [5.74, 6) is -8.86. The number of imide groups is 7. The summed E-state index contributed by atoms with van der Waals surface area (Å²) in [6.07, 6.45) is 19.9. The maximum Gasteiger partial charge on any atom is 0.336 e. The van der Waals surface area contributed by atoms with E-state index in [9.17, 15) is 95.9 Å². The Morgan fingerprint density at radius 1 is 0.385 bits per heavy atom. The smallest absolute Gasteiger partial charge is 0.336 e. The lowest BCUT2D eigenvalue weighted by molar-refractivity contribution is -0.201. The molecule has 7 aliphatic heterocycles. The molecular formula is C63H76N8O25. The quantitative estimate of drug-likeness (QED) is 0.0629. The summed E-state index contributed by atoms with van der Waals surface area (Å²) in [6.45, 7) is 1.46. The molecule has 0 aromatic carbocycles. The second-order valence-electron chi connectivity index (χ2n) is 23.5. The summed E-state index contributed by atoms with van der Waals surface area (Å²) in [5, 5.41) is 12.6. The van der Waals surface area contributed by atoms with Gasteiger partial charge in [-0.05, 0) is 101 Å². The molecule has 0 aromatic rings. The summed E-state index contributed by atoms with van der Waals surface area (Å²) < 4.78 is 5.29. The number of hydrogen-bond donors (Lipinski definition) is 2. The summed E-state index contributed by atoms with van der Waals surface area (Å²) >= 11 is 0. The van der Waals surface area contributed by atoms with Crippen LogP contribution in [0, 0.1) is 23.7 Å². The molecular weight excluding hydrogens is 1270 g/mol. The Morgan fingerprint density at radius 2 is 0.729 bits per heavy atom. The first kappa shape index (κ1) is 74.8. The highest BCUT2D eigenvalue weighted by Crippen LogP contribution is 2.33. The minimum Gasteiger partial charge on any atom is -0.481 e. The first-order chi connectivity index (χ1) is 45.8. The molecule has 0 spiro atoms. The van der Waals surface area contributed by atoms with Gasteiger partial charge in [-0.15, -0.1) is 15.2 Å². The molecule has 7 heterocycles. The molecule has 0 atom stereocenters. The number of unbranched alkanes of at least 4 members (excludes halogenated alkanes) is 4. The lowest BCUT2D eigenvalue weighted by Crippen LogP contribution is -2.38. The minimum atomic E-state index is -1.03. The number of rotatable bonds is 28. The highest BCUT2D eigenvalue weighted by Gasteiger charge is 2.39. The minimum absolute atomic E-state index is 0.0311. The predicted octanol–water partition coefficient (Wildman–Crippen LogP) is 1.12. The van der Waals surface area contributed by atoms with Gasteiger partial charge in [-0.1, -0.05) is 6.42 Å². The largest absolute Gasteiger partial charge is 0.481 e. The molecule has 3 saturated heterocycles. The molecule has 9 aliphatic rings. The third-order valence-corrected chi connectivity index (χ3v) is 16.5. The number of carboxylic acid groups (broad SMARTS) is 1. The molecule has 9 rings (SSSR count).